The van der Waals surface area contributed by atoms with Crippen LogP contribution in [-0.4, -0.2) is 27.7 Å². The molecule has 17 heavy (non-hydrogen) atoms. The third-order valence-electron chi connectivity index (χ3n) is 2.47. The number of H-pyrrole nitrogens is 1. The number of hydrogen-bond donors (Lipinski definition) is 2. The monoisotopic (exact) mass is 234 g/mol. The summed E-state index contributed by atoms with van der Waals surface area (Å²) in [4.78, 5) is 18.8. The van der Waals surface area contributed by atoms with E-state index in [9.17, 15) is 9.90 Å². The lowest BCUT2D eigenvalue weighted by Gasteiger charge is -2.10. The van der Waals surface area contributed by atoms with Gasteiger partial charge in [-0.05, 0) is 19.9 Å². The summed E-state index contributed by atoms with van der Waals surface area (Å²) < 4.78 is 4.79. The maximum Gasteiger partial charge on any atom is 0.339 e. The Morgan fingerprint density at radius 3 is 3.06 bits per heavy atom. The topological polar surface area (TPSA) is 75.2 Å². The van der Waals surface area contributed by atoms with E-state index in [2.05, 4.69) is 9.97 Å². The SMILES string of the molecule is CCOC(=O)C(O)c1cccc2[nH]c(C)nc12. The van der Waals surface area contributed by atoms with Crippen molar-refractivity contribution in [2.75, 3.05) is 6.61 Å². The van der Waals surface area contributed by atoms with Gasteiger partial charge in [0.15, 0.2) is 6.10 Å². The predicted molar refractivity (Wildman–Crippen MR) is 62.4 cm³/mol. The molecule has 0 bridgehead atoms. The van der Waals surface area contributed by atoms with Crippen LogP contribution in [0.1, 0.15) is 24.4 Å². The van der Waals surface area contributed by atoms with E-state index in [1.54, 1.807) is 19.1 Å². The zero-order valence-corrected chi connectivity index (χ0v) is 9.73. The molecule has 2 aromatic rings. The van der Waals surface area contributed by atoms with Gasteiger partial charge < -0.3 is 14.8 Å². The van der Waals surface area contributed by atoms with Gasteiger partial charge in [0.1, 0.15) is 5.82 Å². The van der Waals surface area contributed by atoms with Crippen LogP contribution in [0.25, 0.3) is 11.0 Å². The van der Waals surface area contributed by atoms with Crippen molar-refractivity contribution < 1.29 is 14.6 Å². The van der Waals surface area contributed by atoms with E-state index in [1.807, 2.05) is 13.0 Å². The molecule has 0 fully saturated rings. The number of hydrogen-bond acceptors (Lipinski definition) is 4. The highest BCUT2D eigenvalue weighted by molar-refractivity contribution is 5.86. The molecule has 0 radical (unpaired) electrons. The molecule has 1 aromatic carbocycles. The Balaban J connectivity index is 2.44. The van der Waals surface area contributed by atoms with Crippen LogP contribution in [0, 0.1) is 6.92 Å². The Morgan fingerprint density at radius 2 is 2.35 bits per heavy atom. The molecule has 1 unspecified atom stereocenters. The second-order valence-corrected chi connectivity index (χ2v) is 3.72. The summed E-state index contributed by atoms with van der Waals surface area (Å²) in [5.74, 6) is 0.0872. The molecule has 2 N–H and O–H groups in total. The number of rotatable bonds is 3. The zero-order chi connectivity index (χ0) is 12.4. The number of aliphatic hydroxyl groups is 1. The predicted octanol–water partition coefficient (Wildman–Crippen LogP) is 1.47. The highest BCUT2D eigenvalue weighted by Gasteiger charge is 2.21. The summed E-state index contributed by atoms with van der Waals surface area (Å²) in [7, 11) is 0. The van der Waals surface area contributed by atoms with E-state index in [0.717, 1.165) is 11.3 Å². The van der Waals surface area contributed by atoms with Gasteiger partial charge in [0.05, 0.1) is 17.6 Å². The molecule has 0 aliphatic rings. The quantitative estimate of drug-likeness (QED) is 0.788. The van der Waals surface area contributed by atoms with Crippen molar-refractivity contribution in [3.8, 4) is 0 Å². The molecule has 2 rings (SSSR count). The fourth-order valence-electron chi connectivity index (χ4n) is 1.75. The van der Waals surface area contributed by atoms with Crippen LogP contribution in [0.2, 0.25) is 0 Å². The molecule has 0 saturated carbocycles. The number of imidazole rings is 1. The summed E-state index contributed by atoms with van der Waals surface area (Å²) in [5, 5.41) is 9.90. The van der Waals surface area contributed by atoms with Gasteiger partial charge in [-0.15, -0.1) is 0 Å². The highest BCUT2D eigenvalue weighted by Crippen LogP contribution is 2.23. The molecule has 0 aliphatic carbocycles. The Hall–Kier alpha value is -1.88. The number of benzene rings is 1. The number of carbonyl (C=O) groups excluding carboxylic acids is 1. The van der Waals surface area contributed by atoms with Crippen LogP contribution < -0.4 is 0 Å². The van der Waals surface area contributed by atoms with Crippen LogP contribution in [0.15, 0.2) is 18.2 Å². The maximum absolute atomic E-state index is 11.5. The molecular weight excluding hydrogens is 220 g/mol. The van der Waals surface area contributed by atoms with Gasteiger partial charge in [-0.3, -0.25) is 0 Å². The molecule has 5 nitrogen and oxygen atoms in total. The van der Waals surface area contributed by atoms with Gasteiger partial charge in [0.25, 0.3) is 0 Å². The minimum atomic E-state index is -1.29. The first-order valence-electron chi connectivity index (χ1n) is 5.43. The van der Waals surface area contributed by atoms with E-state index >= 15 is 0 Å². The van der Waals surface area contributed by atoms with Crippen molar-refractivity contribution in [2.24, 2.45) is 0 Å². The first kappa shape index (κ1) is 11.6. The highest BCUT2D eigenvalue weighted by atomic mass is 16.5. The van der Waals surface area contributed by atoms with Crippen molar-refractivity contribution in [3.63, 3.8) is 0 Å². The van der Waals surface area contributed by atoms with Gasteiger partial charge in [-0.1, -0.05) is 12.1 Å². The molecule has 0 saturated heterocycles. The number of fused-ring (bicyclic) bond motifs is 1. The van der Waals surface area contributed by atoms with E-state index in [0.29, 0.717) is 11.1 Å². The van der Waals surface area contributed by atoms with Gasteiger partial charge >= 0.3 is 5.97 Å². The largest absolute Gasteiger partial charge is 0.464 e. The maximum atomic E-state index is 11.5. The molecule has 0 aliphatic heterocycles. The van der Waals surface area contributed by atoms with Crippen molar-refractivity contribution in [2.45, 2.75) is 20.0 Å². The second-order valence-electron chi connectivity index (χ2n) is 3.72. The van der Waals surface area contributed by atoms with Gasteiger partial charge in [-0.2, -0.15) is 0 Å². The second kappa shape index (κ2) is 4.55. The Morgan fingerprint density at radius 1 is 1.59 bits per heavy atom. The molecule has 1 aromatic heterocycles. The average Bonchev–Trinajstić information content (AvgIpc) is 2.68. The fourth-order valence-corrected chi connectivity index (χ4v) is 1.75. The van der Waals surface area contributed by atoms with Crippen LogP contribution in [0.4, 0.5) is 0 Å². The fraction of sp³-hybridized carbons (Fsp3) is 0.333. The van der Waals surface area contributed by atoms with Crippen LogP contribution >= 0.6 is 0 Å². The third-order valence-corrected chi connectivity index (χ3v) is 2.47. The van der Waals surface area contributed by atoms with Crippen LogP contribution in [0.5, 0.6) is 0 Å². The summed E-state index contributed by atoms with van der Waals surface area (Å²) in [6, 6.07) is 5.28. The molecule has 0 spiro atoms. The molecule has 90 valence electrons. The summed E-state index contributed by atoms with van der Waals surface area (Å²) in [6.45, 7) is 3.76. The number of para-hydroxylation sites is 1. The number of aliphatic hydroxyl groups excluding tert-OH is 1. The molecule has 5 heteroatoms. The number of nitrogens with zero attached hydrogens (tertiary/aromatic N) is 1. The molecule has 1 heterocycles. The van der Waals surface area contributed by atoms with Crippen LogP contribution in [-0.2, 0) is 9.53 Å². The standard InChI is InChI=1S/C12H14N2O3/c1-3-17-12(16)11(15)8-5-4-6-9-10(8)14-7(2)13-9/h4-6,11,15H,3H2,1-2H3,(H,13,14). The lowest BCUT2D eigenvalue weighted by molar-refractivity contribution is -0.153. The number of nitrogens with one attached hydrogen (secondary N) is 1. The van der Waals surface area contributed by atoms with Crippen molar-refractivity contribution in [1.29, 1.82) is 0 Å². The Labute approximate surface area is 98.4 Å². The van der Waals surface area contributed by atoms with Crippen molar-refractivity contribution >= 4 is 17.0 Å². The first-order chi connectivity index (χ1) is 8.13. The Kier molecular flexibility index (Phi) is 3.10. The average molecular weight is 234 g/mol. The minimum absolute atomic E-state index is 0.242. The molecule has 0 amide bonds. The van der Waals surface area contributed by atoms with Gasteiger partial charge in [0.2, 0.25) is 0 Å². The third kappa shape index (κ3) is 2.14. The lowest BCUT2D eigenvalue weighted by atomic mass is 10.1. The van der Waals surface area contributed by atoms with E-state index < -0.39 is 12.1 Å². The van der Waals surface area contributed by atoms with E-state index in [1.165, 1.54) is 0 Å². The number of esters is 1. The number of aromatic amines is 1. The van der Waals surface area contributed by atoms with E-state index in [-0.39, 0.29) is 6.61 Å². The summed E-state index contributed by atoms with van der Waals surface area (Å²) in [5.41, 5.74) is 1.86. The van der Waals surface area contributed by atoms with Crippen molar-refractivity contribution in [1.82, 2.24) is 9.97 Å². The summed E-state index contributed by atoms with van der Waals surface area (Å²) >= 11 is 0. The minimum Gasteiger partial charge on any atom is -0.464 e. The number of aromatic nitrogens is 2. The molecule has 1 atom stereocenters. The first-order valence-corrected chi connectivity index (χ1v) is 5.43. The molecular formula is C12H14N2O3. The Bertz CT molecular complexity index is 548. The smallest absolute Gasteiger partial charge is 0.339 e. The number of aryl methyl sites for hydroxylation is 1. The van der Waals surface area contributed by atoms with E-state index in [4.69, 9.17) is 4.74 Å². The zero-order valence-electron chi connectivity index (χ0n) is 9.73. The van der Waals surface area contributed by atoms with Crippen LogP contribution in [0.3, 0.4) is 0 Å². The number of carbonyl (C=O) groups is 1. The normalized spacial score (nSPS) is 12.6. The number of ether oxygens (including phenoxy) is 1. The summed E-state index contributed by atoms with van der Waals surface area (Å²) in [6.07, 6.45) is -1.29. The van der Waals surface area contributed by atoms with Gasteiger partial charge in [-0.25, -0.2) is 9.78 Å². The van der Waals surface area contributed by atoms with Gasteiger partial charge in [0, 0.05) is 5.56 Å². The van der Waals surface area contributed by atoms with Crippen molar-refractivity contribution in [3.05, 3.63) is 29.6 Å². The lowest BCUT2D eigenvalue weighted by Crippen LogP contribution is -2.15.